The van der Waals surface area contributed by atoms with E-state index < -0.39 is 6.61 Å². The third kappa shape index (κ3) is 6.49. The Morgan fingerprint density at radius 1 is 1.00 bits per heavy atom. The van der Waals surface area contributed by atoms with Gasteiger partial charge in [0.2, 0.25) is 5.70 Å². The van der Waals surface area contributed by atoms with Crippen LogP contribution in [-0.2, 0) is 5.41 Å². The van der Waals surface area contributed by atoms with Gasteiger partial charge >= 0.3 is 6.61 Å². The van der Waals surface area contributed by atoms with Crippen molar-refractivity contribution in [2.75, 3.05) is 5.32 Å². The smallest absolute Gasteiger partial charge is 0.387 e. The Morgan fingerprint density at radius 3 is 2.09 bits per heavy atom. The molecule has 0 saturated heterocycles. The number of hydrogen-bond donors (Lipinski definition) is 1. The Bertz CT molecular complexity index is 1140. The first-order valence-electron chi connectivity index (χ1n) is 10.1. The van der Waals surface area contributed by atoms with E-state index in [0.717, 1.165) is 5.56 Å². The van der Waals surface area contributed by atoms with Gasteiger partial charge in [0.25, 0.3) is 0 Å². The van der Waals surface area contributed by atoms with Crippen molar-refractivity contribution in [2.45, 2.75) is 32.8 Å². The summed E-state index contributed by atoms with van der Waals surface area (Å²) in [6.07, 6.45) is 3.55. The topological polar surface area (TPSA) is 48.2 Å². The molecule has 2 aromatic carbocycles. The van der Waals surface area contributed by atoms with E-state index in [4.69, 9.17) is 23.8 Å². The van der Waals surface area contributed by atoms with E-state index in [1.54, 1.807) is 41.2 Å². The lowest BCUT2D eigenvalue weighted by Crippen LogP contribution is -2.40. The molecule has 0 unspecified atom stereocenters. The third-order valence-corrected chi connectivity index (χ3v) is 5.37. The minimum atomic E-state index is -2.94. The van der Waals surface area contributed by atoms with Crippen LogP contribution in [0.15, 0.2) is 73.1 Å². The Balaban J connectivity index is 2.03. The van der Waals surface area contributed by atoms with Gasteiger partial charge in [0.1, 0.15) is 5.75 Å². The van der Waals surface area contributed by atoms with Crippen molar-refractivity contribution < 1.29 is 23.2 Å². The average Bonchev–Trinajstić information content (AvgIpc) is 2.75. The summed E-state index contributed by atoms with van der Waals surface area (Å²) in [5.41, 5.74) is 2.19. The van der Waals surface area contributed by atoms with Crippen molar-refractivity contribution in [3.05, 3.63) is 89.2 Å². The number of nitrogens with zero attached hydrogens (tertiary/aromatic N) is 1. The number of hydrogen-bond acceptors (Lipinski definition) is 3. The highest BCUT2D eigenvalue weighted by Gasteiger charge is 2.21. The lowest BCUT2D eigenvalue weighted by atomic mass is 9.88. The van der Waals surface area contributed by atoms with Crippen LogP contribution in [0.2, 0.25) is 5.02 Å². The van der Waals surface area contributed by atoms with Crippen molar-refractivity contribution in [1.29, 1.82) is 0 Å². The molecule has 0 amide bonds. The van der Waals surface area contributed by atoms with Gasteiger partial charge in [0.05, 0.1) is 0 Å². The molecule has 0 spiro atoms. The number of anilines is 1. The summed E-state index contributed by atoms with van der Waals surface area (Å²) in [5, 5.41) is 17.1. The fourth-order valence-corrected chi connectivity index (χ4v) is 3.50. The Morgan fingerprint density at radius 2 is 1.58 bits per heavy atom. The summed E-state index contributed by atoms with van der Waals surface area (Å²) < 4.78 is 30.9. The second-order valence-corrected chi connectivity index (χ2v) is 9.13. The molecule has 0 atom stereocenters. The van der Waals surface area contributed by atoms with E-state index in [9.17, 15) is 13.9 Å². The molecular formula is C25H23ClF2N2O2S. The first-order valence-corrected chi connectivity index (χ1v) is 10.9. The normalized spacial score (nSPS) is 12.3. The fraction of sp³-hybridized carbons (Fsp3) is 0.200. The zero-order valence-corrected chi connectivity index (χ0v) is 19.9. The average molecular weight is 489 g/mol. The molecule has 0 aliphatic rings. The number of nitrogens with one attached hydrogen (secondary N) is 1. The van der Waals surface area contributed by atoms with Gasteiger partial charge in [-0.25, -0.2) is 0 Å². The highest BCUT2D eigenvalue weighted by molar-refractivity contribution is 7.81. The molecule has 1 heterocycles. The van der Waals surface area contributed by atoms with Crippen molar-refractivity contribution >= 4 is 46.0 Å². The molecule has 0 fully saturated rings. The molecule has 0 aliphatic heterocycles. The van der Waals surface area contributed by atoms with Gasteiger partial charge in [-0.05, 0) is 58.7 Å². The number of benzene rings is 2. The van der Waals surface area contributed by atoms with E-state index in [2.05, 4.69) is 30.8 Å². The van der Waals surface area contributed by atoms with Gasteiger partial charge in [-0.1, -0.05) is 56.7 Å². The minimum absolute atomic E-state index is 0.0350. The summed E-state index contributed by atoms with van der Waals surface area (Å²) in [6.45, 7) is 3.34. The maximum atomic E-state index is 13.5. The third-order valence-electron chi connectivity index (χ3n) is 4.83. The van der Waals surface area contributed by atoms with E-state index in [0.29, 0.717) is 10.7 Å². The van der Waals surface area contributed by atoms with Crippen molar-refractivity contribution in [3.8, 4) is 5.75 Å². The van der Waals surface area contributed by atoms with Crippen LogP contribution in [0, 0.1) is 0 Å². The number of thiocarbonyl (C=S) groups is 1. The largest absolute Gasteiger partial charge is 0.867 e. The van der Waals surface area contributed by atoms with Crippen LogP contribution < -0.4 is 19.7 Å². The molecule has 0 bridgehead atoms. The van der Waals surface area contributed by atoms with Crippen molar-refractivity contribution in [1.82, 2.24) is 0 Å². The number of alkyl halides is 2. The highest BCUT2D eigenvalue weighted by Crippen LogP contribution is 2.23. The van der Waals surface area contributed by atoms with Crippen LogP contribution in [0.3, 0.4) is 0 Å². The maximum absolute atomic E-state index is 13.5. The number of rotatable bonds is 6. The Labute approximate surface area is 202 Å². The molecule has 4 nitrogen and oxygen atoms in total. The molecule has 0 aliphatic carbocycles. The van der Waals surface area contributed by atoms with Crippen LogP contribution in [0.4, 0.5) is 14.5 Å². The molecule has 0 radical (unpaired) electrons. The van der Waals surface area contributed by atoms with Crippen LogP contribution in [-0.4, -0.2) is 11.6 Å². The molecule has 33 heavy (non-hydrogen) atoms. The monoisotopic (exact) mass is 488 g/mol. The van der Waals surface area contributed by atoms with Gasteiger partial charge in [0.15, 0.2) is 17.4 Å². The predicted octanol–water partition coefficient (Wildman–Crippen LogP) is 5.65. The van der Waals surface area contributed by atoms with Crippen molar-refractivity contribution in [2.24, 2.45) is 0 Å². The fourth-order valence-electron chi connectivity index (χ4n) is 3.06. The van der Waals surface area contributed by atoms with Crippen LogP contribution >= 0.6 is 23.8 Å². The summed E-state index contributed by atoms with van der Waals surface area (Å²) in [7, 11) is 0. The molecular weight excluding hydrogens is 466 g/mol. The first kappa shape index (κ1) is 24.6. The molecule has 3 aromatic rings. The Hall–Kier alpha value is -3.03. The van der Waals surface area contributed by atoms with Gasteiger partial charge in [-0.3, -0.25) is 0 Å². The Kier molecular flexibility index (Phi) is 7.66. The summed E-state index contributed by atoms with van der Waals surface area (Å²) >= 11 is 11.5. The van der Waals surface area contributed by atoms with Gasteiger partial charge in [-0.2, -0.15) is 13.3 Å². The molecule has 172 valence electrons. The molecule has 8 heteroatoms. The quantitative estimate of drug-likeness (QED) is 0.211. The van der Waals surface area contributed by atoms with Crippen LogP contribution in [0.25, 0.3) is 11.5 Å². The highest BCUT2D eigenvalue weighted by atomic mass is 35.5. The van der Waals surface area contributed by atoms with E-state index in [1.807, 2.05) is 12.1 Å². The second-order valence-electron chi connectivity index (χ2n) is 8.29. The van der Waals surface area contributed by atoms with Gasteiger partial charge in [0, 0.05) is 22.8 Å². The minimum Gasteiger partial charge on any atom is -0.867 e. The number of aromatic nitrogens is 1. The van der Waals surface area contributed by atoms with Gasteiger partial charge < -0.3 is 15.2 Å². The predicted molar refractivity (Wildman–Crippen MR) is 129 cm³/mol. The number of pyridine rings is 1. The molecule has 3 rings (SSSR count). The molecule has 1 aromatic heterocycles. The maximum Gasteiger partial charge on any atom is 0.387 e. The molecule has 0 saturated carbocycles. The second kappa shape index (κ2) is 10.3. The van der Waals surface area contributed by atoms with E-state index in [-0.39, 0.29) is 33.2 Å². The standard InChI is InChI=1S/C25H23ClF2N2O2S/c1-25(2,3)17-12-14-30(15-13-17)21(23(33)29-19-8-6-18(26)7-9-19)22(31)16-4-10-20(11-5-16)32-24(27)28/h4-15,24H,1-3H3,(H-,29,31,33). The van der Waals surface area contributed by atoms with Gasteiger partial charge in [-0.15, -0.1) is 0 Å². The molecule has 1 N–H and O–H groups in total. The van der Waals surface area contributed by atoms with Crippen LogP contribution in [0.1, 0.15) is 31.9 Å². The lowest BCUT2D eigenvalue weighted by Gasteiger charge is -2.20. The SMILES string of the molecule is CC(C)(C)c1cc[n+](C(C(=S)Nc2ccc(Cl)cc2)=C([O-])c2ccc(OC(F)F)cc2)cc1. The zero-order chi connectivity index (χ0) is 24.2. The van der Waals surface area contributed by atoms with Crippen molar-refractivity contribution in [3.63, 3.8) is 0 Å². The summed E-state index contributed by atoms with van der Waals surface area (Å²) in [4.78, 5) is 0.198. The number of halogens is 3. The first-order chi connectivity index (χ1) is 15.5. The van der Waals surface area contributed by atoms with E-state index in [1.165, 1.54) is 24.3 Å². The zero-order valence-electron chi connectivity index (χ0n) is 18.3. The lowest BCUT2D eigenvalue weighted by molar-refractivity contribution is -0.577. The van der Waals surface area contributed by atoms with Crippen LogP contribution in [0.5, 0.6) is 5.75 Å². The van der Waals surface area contributed by atoms with E-state index >= 15 is 0 Å². The number of ether oxygens (including phenoxy) is 1. The summed E-state index contributed by atoms with van der Waals surface area (Å²) in [6, 6.07) is 16.3. The summed E-state index contributed by atoms with van der Waals surface area (Å²) in [5.74, 6) is -0.411.